The maximum atomic E-state index is 5.95. The fourth-order valence-corrected chi connectivity index (χ4v) is 2.01. The smallest absolute Gasteiger partial charge is 0.163 e. The number of hydrogen-bond donors (Lipinski definition) is 0. The Labute approximate surface area is 108 Å². The zero-order valence-electron chi connectivity index (χ0n) is 8.82. The van der Waals surface area contributed by atoms with Crippen LogP contribution in [0.15, 0.2) is 29.0 Å². The maximum absolute atomic E-state index is 5.95. The Morgan fingerprint density at radius 2 is 2.25 bits per heavy atom. The van der Waals surface area contributed by atoms with E-state index in [1.165, 1.54) is 0 Å². The van der Waals surface area contributed by atoms with Crippen LogP contribution in [0.3, 0.4) is 0 Å². The van der Waals surface area contributed by atoms with Crippen molar-refractivity contribution in [1.82, 2.24) is 14.8 Å². The molecule has 0 saturated heterocycles. The van der Waals surface area contributed by atoms with Crippen molar-refractivity contribution in [3.63, 3.8) is 0 Å². The quantitative estimate of drug-likeness (QED) is 0.864. The number of rotatable bonds is 3. The van der Waals surface area contributed by atoms with Crippen LogP contribution in [0.25, 0.3) is 11.4 Å². The number of nitrogens with zero attached hydrogens (tertiary/aromatic N) is 3. The molecule has 16 heavy (non-hydrogen) atoms. The summed E-state index contributed by atoms with van der Waals surface area (Å²) >= 11 is 9.36. The summed E-state index contributed by atoms with van der Waals surface area (Å²) in [6.45, 7) is 3.05. The largest absolute Gasteiger partial charge is 0.314 e. The standard InChI is InChI=1S/C11H11BrClN3/c1-2-5-16-7-14-15-11(16)8-3-4-10(13)9(12)6-8/h3-4,6-7H,2,5H2,1H3. The highest BCUT2D eigenvalue weighted by atomic mass is 79.9. The molecule has 0 aliphatic heterocycles. The van der Waals surface area contributed by atoms with Crippen molar-refractivity contribution in [2.45, 2.75) is 19.9 Å². The number of aromatic nitrogens is 3. The first-order valence-corrected chi connectivity index (χ1v) is 6.22. The molecule has 0 atom stereocenters. The summed E-state index contributed by atoms with van der Waals surface area (Å²) in [6.07, 6.45) is 2.81. The lowest BCUT2D eigenvalue weighted by atomic mass is 10.2. The fourth-order valence-electron chi connectivity index (χ4n) is 1.52. The second kappa shape index (κ2) is 4.97. The van der Waals surface area contributed by atoms with E-state index in [9.17, 15) is 0 Å². The summed E-state index contributed by atoms with van der Waals surface area (Å²) in [5.74, 6) is 0.874. The molecule has 0 unspecified atom stereocenters. The topological polar surface area (TPSA) is 30.7 Å². The van der Waals surface area contributed by atoms with Crippen LogP contribution in [0.1, 0.15) is 13.3 Å². The van der Waals surface area contributed by atoms with E-state index >= 15 is 0 Å². The molecule has 3 nitrogen and oxygen atoms in total. The van der Waals surface area contributed by atoms with Gasteiger partial charge in [-0.15, -0.1) is 10.2 Å². The van der Waals surface area contributed by atoms with Crippen molar-refractivity contribution in [2.24, 2.45) is 0 Å². The Morgan fingerprint density at radius 1 is 1.44 bits per heavy atom. The third kappa shape index (κ3) is 2.28. The lowest BCUT2D eigenvalue weighted by Crippen LogP contribution is -1.98. The van der Waals surface area contributed by atoms with Crippen molar-refractivity contribution in [3.05, 3.63) is 34.0 Å². The minimum absolute atomic E-state index is 0.699. The predicted octanol–water partition coefficient (Wildman–Crippen LogP) is 3.77. The van der Waals surface area contributed by atoms with Gasteiger partial charge in [-0.2, -0.15) is 0 Å². The molecule has 1 heterocycles. The normalized spacial score (nSPS) is 10.7. The van der Waals surface area contributed by atoms with Crippen molar-refractivity contribution < 1.29 is 0 Å². The second-order valence-electron chi connectivity index (χ2n) is 3.48. The Hall–Kier alpha value is -0.870. The highest BCUT2D eigenvalue weighted by molar-refractivity contribution is 9.10. The molecule has 1 aromatic carbocycles. The molecule has 0 amide bonds. The predicted molar refractivity (Wildman–Crippen MR) is 68.5 cm³/mol. The van der Waals surface area contributed by atoms with Gasteiger partial charge in [0.1, 0.15) is 6.33 Å². The van der Waals surface area contributed by atoms with E-state index in [2.05, 4.69) is 33.1 Å². The van der Waals surface area contributed by atoms with E-state index in [4.69, 9.17) is 11.6 Å². The van der Waals surface area contributed by atoms with Crippen molar-refractivity contribution in [3.8, 4) is 11.4 Å². The molecule has 2 aromatic rings. The molecule has 1 aromatic heterocycles. The van der Waals surface area contributed by atoms with Gasteiger partial charge in [-0.3, -0.25) is 0 Å². The van der Waals surface area contributed by atoms with Gasteiger partial charge in [0.05, 0.1) is 5.02 Å². The second-order valence-corrected chi connectivity index (χ2v) is 4.74. The number of benzene rings is 1. The molecule has 0 radical (unpaired) electrons. The molecule has 0 N–H and O–H groups in total. The number of aryl methyl sites for hydroxylation is 1. The molecule has 0 saturated carbocycles. The summed E-state index contributed by atoms with van der Waals surface area (Å²) in [7, 11) is 0. The number of halogens is 2. The van der Waals surface area contributed by atoms with Gasteiger partial charge < -0.3 is 4.57 Å². The Kier molecular flexibility index (Phi) is 3.61. The van der Waals surface area contributed by atoms with E-state index in [-0.39, 0.29) is 0 Å². The van der Waals surface area contributed by atoms with Gasteiger partial charge in [0.15, 0.2) is 5.82 Å². The summed E-state index contributed by atoms with van der Waals surface area (Å²) in [5, 5.41) is 8.76. The Bertz CT molecular complexity index is 496. The molecule has 5 heteroatoms. The van der Waals surface area contributed by atoms with E-state index in [0.29, 0.717) is 5.02 Å². The molecule has 0 aliphatic carbocycles. The maximum Gasteiger partial charge on any atom is 0.163 e. The third-order valence-electron chi connectivity index (χ3n) is 2.26. The van der Waals surface area contributed by atoms with Crippen LogP contribution in [0.4, 0.5) is 0 Å². The van der Waals surface area contributed by atoms with Gasteiger partial charge >= 0.3 is 0 Å². The van der Waals surface area contributed by atoms with E-state index < -0.39 is 0 Å². The highest BCUT2D eigenvalue weighted by Crippen LogP contribution is 2.27. The SMILES string of the molecule is CCCn1cnnc1-c1ccc(Cl)c(Br)c1. The fraction of sp³-hybridized carbons (Fsp3) is 0.273. The first-order chi connectivity index (χ1) is 7.72. The lowest BCUT2D eigenvalue weighted by Gasteiger charge is -2.05. The van der Waals surface area contributed by atoms with Crippen LogP contribution in [-0.4, -0.2) is 14.8 Å². The van der Waals surface area contributed by atoms with Crippen LogP contribution >= 0.6 is 27.5 Å². The average Bonchev–Trinajstić information content (AvgIpc) is 2.71. The lowest BCUT2D eigenvalue weighted by molar-refractivity contribution is 0.683. The van der Waals surface area contributed by atoms with Crippen molar-refractivity contribution >= 4 is 27.5 Å². The van der Waals surface area contributed by atoms with Gasteiger partial charge in [0.25, 0.3) is 0 Å². The van der Waals surface area contributed by atoms with E-state index in [0.717, 1.165) is 28.8 Å². The van der Waals surface area contributed by atoms with Gasteiger partial charge in [-0.25, -0.2) is 0 Å². The first-order valence-electron chi connectivity index (χ1n) is 5.05. The third-order valence-corrected chi connectivity index (χ3v) is 3.47. The minimum atomic E-state index is 0.699. The van der Waals surface area contributed by atoms with Gasteiger partial charge in [0, 0.05) is 16.6 Å². The zero-order chi connectivity index (χ0) is 11.5. The van der Waals surface area contributed by atoms with Crippen LogP contribution in [0.2, 0.25) is 5.02 Å². The van der Waals surface area contributed by atoms with Crippen LogP contribution in [-0.2, 0) is 6.54 Å². The van der Waals surface area contributed by atoms with Crippen LogP contribution < -0.4 is 0 Å². The minimum Gasteiger partial charge on any atom is -0.314 e. The summed E-state index contributed by atoms with van der Waals surface area (Å²) in [4.78, 5) is 0. The molecule has 84 valence electrons. The molecule has 0 spiro atoms. The van der Waals surface area contributed by atoms with Crippen molar-refractivity contribution in [1.29, 1.82) is 0 Å². The Morgan fingerprint density at radius 3 is 2.94 bits per heavy atom. The number of hydrogen-bond acceptors (Lipinski definition) is 2. The van der Waals surface area contributed by atoms with Gasteiger partial charge in [0.2, 0.25) is 0 Å². The average molecular weight is 301 g/mol. The Balaban J connectivity index is 2.42. The van der Waals surface area contributed by atoms with Crippen molar-refractivity contribution in [2.75, 3.05) is 0 Å². The monoisotopic (exact) mass is 299 g/mol. The van der Waals surface area contributed by atoms with Crippen LogP contribution in [0.5, 0.6) is 0 Å². The molecule has 0 fully saturated rings. The van der Waals surface area contributed by atoms with E-state index in [1.54, 1.807) is 6.33 Å². The van der Waals surface area contributed by atoms with E-state index in [1.807, 2.05) is 22.8 Å². The summed E-state index contributed by atoms with van der Waals surface area (Å²) in [5.41, 5.74) is 1.02. The highest BCUT2D eigenvalue weighted by Gasteiger charge is 2.08. The molecule has 2 rings (SSSR count). The summed E-state index contributed by atoms with van der Waals surface area (Å²) < 4.78 is 2.91. The summed E-state index contributed by atoms with van der Waals surface area (Å²) in [6, 6.07) is 5.76. The van der Waals surface area contributed by atoms with Gasteiger partial charge in [-0.05, 0) is 40.5 Å². The van der Waals surface area contributed by atoms with Crippen LogP contribution in [0, 0.1) is 0 Å². The first kappa shape index (κ1) is 11.6. The van der Waals surface area contributed by atoms with Gasteiger partial charge in [-0.1, -0.05) is 18.5 Å². The molecular weight excluding hydrogens is 289 g/mol. The molecular formula is C11H11BrClN3. The zero-order valence-corrected chi connectivity index (χ0v) is 11.2. The molecule has 0 aliphatic rings. The molecule has 0 bridgehead atoms.